The van der Waals surface area contributed by atoms with Crippen LogP contribution in [0.1, 0.15) is 17.2 Å². The second-order valence-corrected chi connectivity index (χ2v) is 7.88. The SMILES string of the molecule is C1=CC(=Cc2ccccc2)C(C(Nc2cccc3ccccc23)c2ccccc2)C=C1. The summed E-state index contributed by atoms with van der Waals surface area (Å²) in [6, 6.07) is 36.5. The van der Waals surface area contributed by atoms with E-state index in [1.54, 1.807) is 0 Å². The van der Waals surface area contributed by atoms with Crippen LogP contribution in [0.25, 0.3) is 16.8 Å². The van der Waals surface area contributed by atoms with Crippen molar-refractivity contribution in [3.63, 3.8) is 0 Å². The minimum absolute atomic E-state index is 0.114. The Hall–Kier alpha value is -3.84. The largest absolute Gasteiger partial charge is 0.377 e. The molecule has 1 N–H and O–H groups in total. The van der Waals surface area contributed by atoms with Crippen molar-refractivity contribution in [1.82, 2.24) is 0 Å². The number of hydrogen-bond acceptors (Lipinski definition) is 1. The Morgan fingerprint density at radius 2 is 1.39 bits per heavy atom. The molecule has 0 spiro atoms. The zero-order valence-electron chi connectivity index (χ0n) is 17.4. The molecule has 0 saturated carbocycles. The van der Waals surface area contributed by atoms with E-state index in [9.17, 15) is 0 Å². The molecule has 1 heteroatoms. The van der Waals surface area contributed by atoms with Crippen LogP contribution in [-0.2, 0) is 0 Å². The molecule has 2 atom stereocenters. The lowest BCUT2D eigenvalue weighted by atomic mass is 9.83. The standard InChI is InChI=1S/C30H25N/c1-3-12-23(13-4-1)22-26-17-8-10-20-28(26)30(25-15-5-2-6-16-25)31-29-21-11-18-24-14-7-9-19-27(24)29/h1-22,28,30-31H. The number of nitrogens with one attached hydrogen (secondary N) is 1. The number of rotatable bonds is 5. The summed E-state index contributed by atoms with van der Waals surface area (Å²) in [5, 5.41) is 6.39. The highest BCUT2D eigenvalue weighted by molar-refractivity contribution is 5.94. The zero-order chi connectivity index (χ0) is 20.9. The van der Waals surface area contributed by atoms with Gasteiger partial charge in [0.15, 0.2) is 0 Å². The average molecular weight is 400 g/mol. The molecule has 2 unspecified atom stereocenters. The van der Waals surface area contributed by atoms with Crippen LogP contribution in [0.4, 0.5) is 5.69 Å². The Labute approximate surface area is 184 Å². The van der Waals surface area contributed by atoms with Crippen molar-refractivity contribution >= 4 is 22.5 Å². The third-order valence-corrected chi connectivity index (χ3v) is 5.85. The highest BCUT2D eigenvalue weighted by Gasteiger charge is 2.25. The zero-order valence-corrected chi connectivity index (χ0v) is 17.4. The Morgan fingerprint density at radius 1 is 0.677 bits per heavy atom. The molecule has 0 heterocycles. The van der Waals surface area contributed by atoms with E-state index in [2.05, 4.69) is 139 Å². The fourth-order valence-corrected chi connectivity index (χ4v) is 4.32. The second kappa shape index (κ2) is 8.89. The van der Waals surface area contributed by atoms with Crippen LogP contribution >= 0.6 is 0 Å². The van der Waals surface area contributed by atoms with Crippen LogP contribution in [0.2, 0.25) is 0 Å². The molecule has 1 nitrogen and oxygen atoms in total. The Bertz CT molecular complexity index is 1240. The van der Waals surface area contributed by atoms with Gasteiger partial charge in [-0.15, -0.1) is 0 Å². The van der Waals surface area contributed by atoms with E-state index in [1.807, 2.05) is 0 Å². The molecule has 0 fully saturated rings. The van der Waals surface area contributed by atoms with Crippen molar-refractivity contribution in [2.24, 2.45) is 5.92 Å². The fourth-order valence-electron chi connectivity index (χ4n) is 4.32. The summed E-state index contributed by atoms with van der Waals surface area (Å²) in [6.45, 7) is 0. The lowest BCUT2D eigenvalue weighted by Gasteiger charge is -2.30. The van der Waals surface area contributed by atoms with Gasteiger partial charge in [-0.05, 0) is 28.2 Å². The molecular weight excluding hydrogens is 374 g/mol. The van der Waals surface area contributed by atoms with Crippen LogP contribution in [0.5, 0.6) is 0 Å². The first kappa shape index (κ1) is 19.1. The molecule has 31 heavy (non-hydrogen) atoms. The van der Waals surface area contributed by atoms with Crippen molar-refractivity contribution in [2.45, 2.75) is 6.04 Å². The maximum absolute atomic E-state index is 3.90. The molecule has 0 bridgehead atoms. The quantitative estimate of drug-likeness (QED) is 0.361. The van der Waals surface area contributed by atoms with E-state index in [0.717, 1.165) is 5.69 Å². The highest BCUT2D eigenvalue weighted by atomic mass is 14.9. The van der Waals surface area contributed by atoms with Gasteiger partial charge < -0.3 is 5.32 Å². The van der Waals surface area contributed by atoms with Gasteiger partial charge in [-0.25, -0.2) is 0 Å². The van der Waals surface area contributed by atoms with E-state index in [1.165, 1.54) is 27.5 Å². The van der Waals surface area contributed by atoms with Crippen molar-refractivity contribution < 1.29 is 0 Å². The molecule has 4 aromatic rings. The molecule has 0 saturated heterocycles. The molecule has 0 amide bonds. The van der Waals surface area contributed by atoms with Crippen molar-refractivity contribution in [3.8, 4) is 0 Å². The Morgan fingerprint density at radius 3 is 2.23 bits per heavy atom. The maximum Gasteiger partial charge on any atom is 0.0617 e. The third-order valence-electron chi connectivity index (χ3n) is 5.85. The van der Waals surface area contributed by atoms with Gasteiger partial charge >= 0.3 is 0 Å². The van der Waals surface area contributed by atoms with Gasteiger partial charge in [-0.1, -0.05) is 127 Å². The minimum atomic E-state index is 0.114. The van der Waals surface area contributed by atoms with E-state index in [-0.39, 0.29) is 12.0 Å². The van der Waals surface area contributed by atoms with Crippen LogP contribution in [0, 0.1) is 5.92 Å². The molecule has 1 aliphatic rings. The molecule has 0 aliphatic heterocycles. The van der Waals surface area contributed by atoms with Gasteiger partial charge in [0.05, 0.1) is 6.04 Å². The number of hydrogen-bond donors (Lipinski definition) is 1. The van der Waals surface area contributed by atoms with E-state index in [4.69, 9.17) is 0 Å². The summed E-state index contributed by atoms with van der Waals surface area (Å²) in [5.41, 5.74) is 4.96. The lowest BCUT2D eigenvalue weighted by Crippen LogP contribution is -2.22. The average Bonchev–Trinajstić information content (AvgIpc) is 2.84. The first-order chi connectivity index (χ1) is 15.4. The Kier molecular flexibility index (Phi) is 5.49. The van der Waals surface area contributed by atoms with Crippen LogP contribution in [0.15, 0.2) is 133 Å². The Balaban J connectivity index is 1.58. The highest BCUT2D eigenvalue weighted by Crippen LogP contribution is 2.37. The number of allylic oxidation sites excluding steroid dienone is 3. The van der Waals surface area contributed by atoms with Gasteiger partial charge in [0, 0.05) is 17.0 Å². The van der Waals surface area contributed by atoms with Crippen LogP contribution in [-0.4, -0.2) is 0 Å². The molecule has 1 aliphatic carbocycles. The topological polar surface area (TPSA) is 12.0 Å². The summed E-state index contributed by atoms with van der Waals surface area (Å²) in [6.07, 6.45) is 11.1. The molecule has 150 valence electrons. The fraction of sp³-hybridized carbons (Fsp3) is 0.0667. The maximum atomic E-state index is 3.90. The summed E-state index contributed by atoms with van der Waals surface area (Å²) >= 11 is 0. The first-order valence-corrected chi connectivity index (χ1v) is 10.8. The van der Waals surface area contributed by atoms with Crippen LogP contribution in [0.3, 0.4) is 0 Å². The second-order valence-electron chi connectivity index (χ2n) is 7.88. The molecule has 5 rings (SSSR count). The number of anilines is 1. The van der Waals surface area contributed by atoms with Gasteiger partial charge in [-0.2, -0.15) is 0 Å². The molecule has 4 aromatic carbocycles. The monoisotopic (exact) mass is 399 g/mol. The van der Waals surface area contributed by atoms with Crippen molar-refractivity contribution in [2.75, 3.05) is 5.32 Å². The van der Waals surface area contributed by atoms with Gasteiger partial charge in [0.25, 0.3) is 0 Å². The normalized spacial score (nSPS) is 17.7. The lowest BCUT2D eigenvalue weighted by molar-refractivity contribution is 0.641. The van der Waals surface area contributed by atoms with Crippen LogP contribution < -0.4 is 5.32 Å². The minimum Gasteiger partial charge on any atom is -0.377 e. The molecule has 0 aromatic heterocycles. The van der Waals surface area contributed by atoms with Gasteiger partial charge in [-0.3, -0.25) is 0 Å². The van der Waals surface area contributed by atoms with E-state index >= 15 is 0 Å². The van der Waals surface area contributed by atoms with Crippen molar-refractivity contribution in [1.29, 1.82) is 0 Å². The van der Waals surface area contributed by atoms with Crippen molar-refractivity contribution in [3.05, 3.63) is 144 Å². The molecule has 0 radical (unpaired) electrons. The number of benzene rings is 4. The summed E-state index contributed by atoms with van der Waals surface area (Å²) in [5.74, 6) is 0.214. The van der Waals surface area contributed by atoms with Gasteiger partial charge in [0.1, 0.15) is 0 Å². The van der Waals surface area contributed by atoms with E-state index < -0.39 is 0 Å². The van der Waals surface area contributed by atoms with Gasteiger partial charge in [0.2, 0.25) is 0 Å². The predicted octanol–water partition coefficient (Wildman–Crippen LogP) is 7.82. The first-order valence-electron chi connectivity index (χ1n) is 10.8. The summed E-state index contributed by atoms with van der Waals surface area (Å²) in [7, 11) is 0. The van der Waals surface area contributed by atoms with E-state index in [0.29, 0.717) is 0 Å². The smallest absolute Gasteiger partial charge is 0.0617 e. The predicted molar refractivity (Wildman–Crippen MR) is 133 cm³/mol. The summed E-state index contributed by atoms with van der Waals surface area (Å²) < 4.78 is 0. The third kappa shape index (κ3) is 4.22. The summed E-state index contributed by atoms with van der Waals surface area (Å²) in [4.78, 5) is 0. The molecular formula is C30H25N. The number of fused-ring (bicyclic) bond motifs is 1.